The summed E-state index contributed by atoms with van der Waals surface area (Å²) in [7, 11) is 0. The van der Waals surface area contributed by atoms with Crippen molar-refractivity contribution in [2.45, 2.75) is 39.7 Å². The summed E-state index contributed by atoms with van der Waals surface area (Å²) in [6, 6.07) is 12.6. The number of hydrogen-bond donors (Lipinski definition) is 0. The molecule has 2 aromatic carbocycles. The molecule has 0 saturated heterocycles. The van der Waals surface area contributed by atoms with Gasteiger partial charge in [0.15, 0.2) is 5.43 Å². The van der Waals surface area contributed by atoms with Crippen molar-refractivity contribution in [1.82, 2.24) is 9.80 Å². The Bertz CT molecular complexity index is 1200. The maximum atomic E-state index is 13.6. The van der Waals surface area contributed by atoms with Crippen LogP contribution in [0.1, 0.15) is 66.9 Å². The summed E-state index contributed by atoms with van der Waals surface area (Å²) in [6.45, 7) is 11.5. The van der Waals surface area contributed by atoms with E-state index in [1.165, 1.54) is 5.56 Å². The van der Waals surface area contributed by atoms with Gasteiger partial charge in [0, 0.05) is 18.1 Å². The van der Waals surface area contributed by atoms with E-state index in [2.05, 4.69) is 44.7 Å². The first-order valence-electron chi connectivity index (χ1n) is 11.2. The minimum Gasteiger partial charge on any atom is -0.450 e. The smallest absolute Gasteiger partial charge is 0.290 e. The summed E-state index contributed by atoms with van der Waals surface area (Å²) in [5, 5.41) is 0.865. The van der Waals surface area contributed by atoms with Gasteiger partial charge in [0.05, 0.1) is 17.0 Å². The van der Waals surface area contributed by atoms with Gasteiger partial charge in [-0.05, 0) is 48.3 Å². The molecule has 0 N–H and O–H groups in total. The summed E-state index contributed by atoms with van der Waals surface area (Å²) >= 11 is 6.15. The Kier molecular flexibility index (Phi) is 6.40. The zero-order valence-corrected chi connectivity index (χ0v) is 19.8. The number of nitrogens with zero attached hydrogens (tertiary/aromatic N) is 2. The van der Waals surface area contributed by atoms with Crippen LogP contribution in [0.3, 0.4) is 0 Å². The van der Waals surface area contributed by atoms with Gasteiger partial charge in [-0.1, -0.05) is 63.6 Å². The van der Waals surface area contributed by atoms with E-state index < -0.39 is 6.04 Å². The van der Waals surface area contributed by atoms with Crippen molar-refractivity contribution in [1.29, 1.82) is 0 Å². The number of carbonyl (C=O) groups excluding carboxylic acids is 1. The number of hydrogen-bond acceptors (Lipinski definition) is 4. The van der Waals surface area contributed by atoms with Crippen LogP contribution in [0.5, 0.6) is 0 Å². The summed E-state index contributed by atoms with van der Waals surface area (Å²) in [5.41, 5.74) is 2.72. The Labute approximate surface area is 193 Å². The minimum atomic E-state index is -0.478. The van der Waals surface area contributed by atoms with Crippen molar-refractivity contribution in [2.75, 3.05) is 26.2 Å². The lowest BCUT2D eigenvalue weighted by Crippen LogP contribution is -2.37. The third kappa shape index (κ3) is 3.96. The average Bonchev–Trinajstić information content (AvgIpc) is 3.07. The van der Waals surface area contributed by atoms with E-state index in [1.807, 2.05) is 12.1 Å². The zero-order valence-electron chi connectivity index (χ0n) is 19.0. The van der Waals surface area contributed by atoms with Crippen LogP contribution in [0.25, 0.3) is 11.0 Å². The van der Waals surface area contributed by atoms with Gasteiger partial charge in [0.1, 0.15) is 5.58 Å². The first-order chi connectivity index (χ1) is 15.3. The number of carbonyl (C=O) groups is 1. The molecule has 0 fully saturated rings. The van der Waals surface area contributed by atoms with Gasteiger partial charge in [-0.15, -0.1) is 0 Å². The lowest BCUT2D eigenvalue weighted by Gasteiger charge is -2.28. The Hall–Kier alpha value is -2.63. The average molecular weight is 453 g/mol. The van der Waals surface area contributed by atoms with Gasteiger partial charge < -0.3 is 14.2 Å². The van der Waals surface area contributed by atoms with E-state index in [-0.39, 0.29) is 17.1 Å². The maximum absolute atomic E-state index is 13.6. The molecule has 0 spiro atoms. The molecular weight excluding hydrogens is 424 g/mol. The number of fused-ring (bicyclic) bond motifs is 2. The maximum Gasteiger partial charge on any atom is 0.290 e. The largest absolute Gasteiger partial charge is 0.450 e. The topological polar surface area (TPSA) is 53.8 Å². The summed E-state index contributed by atoms with van der Waals surface area (Å²) in [4.78, 5) is 31.1. The van der Waals surface area contributed by atoms with Gasteiger partial charge in [-0.3, -0.25) is 9.59 Å². The Balaban J connectivity index is 1.86. The Morgan fingerprint density at radius 1 is 1.06 bits per heavy atom. The predicted octanol–water partition coefficient (Wildman–Crippen LogP) is 5.46. The lowest BCUT2D eigenvalue weighted by molar-refractivity contribution is 0.0708. The van der Waals surface area contributed by atoms with Gasteiger partial charge >= 0.3 is 0 Å². The highest BCUT2D eigenvalue weighted by Gasteiger charge is 2.42. The van der Waals surface area contributed by atoms with E-state index in [9.17, 15) is 9.59 Å². The van der Waals surface area contributed by atoms with Gasteiger partial charge in [-0.2, -0.15) is 0 Å². The standard InChI is InChI=1S/C26H29ClN2O3/c1-5-28(6-2)13-14-29-23(18-9-7-17(8-10-18)16(3)4)22-24(30)20-15-19(27)11-12-21(20)32-25(22)26(29)31/h7-12,15-16,23H,5-6,13-14H2,1-4H3. The first-order valence-corrected chi connectivity index (χ1v) is 11.6. The molecule has 0 saturated carbocycles. The molecule has 0 radical (unpaired) electrons. The van der Waals surface area contributed by atoms with Gasteiger partial charge in [0.25, 0.3) is 5.91 Å². The molecule has 4 rings (SSSR count). The van der Waals surface area contributed by atoms with E-state index in [4.69, 9.17) is 16.0 Å². The number of benzene rings is 2. The molecular formula is C26H29ClN2O3. The molecule has 32 heavy (non-hydrogen) atoms. The van der Waals surface area contributed by atoms with Crippen LogP contribution in [-0.2, 0) is 0 Å². The van der Waals surface area contributed by atoms with Crippen molar-refractivity contribution in [2.24, 2.45) is 0 Å². The number of likely N-dealkylation sites (N-methyl/N-ethyl adjacent to an activating group) is 1. The van der Waals surface area contributed by atoms with Crippen LogP contribution >= 0.6 is 11.6 Å². The second-order valence-corrected chi connectivity index (χ2v) is 9.00. The van der Waals surface area contributed by atoms with Crippen LogP contribution in [0.2, 0.25) is 5.02 Å². The molecule has 1 atom stereocenters. The fourth-order valence-electron chi connectivity index (χ4n) is 4.42. The van der Waals surface area contributed by atoms with Crippen molar-refractivity contribution in [3.63, 3.8) is 0 Å². The van der Waals surface area contributed by atoms with E-state index in [0.29, 0.717) is 34.0 Å². The van der Waals surface area contributed by atoms with Crippen LogP contribution in [0, 0.1) is 0 Å². The monoisotopic (exact) mass is 452 g/mol. The third-order valence-electron chi connectivity index (χ3n) is 6.40. The Morgan fingerprint density at radius 3 is 2.38 bits per heavy atom. The fraction of sp³-hybridized carbons (Fsp3) is 0.385. The molecule has 1 aliphatic heterocycles. The molecule has 0 bridgehead atoms. The second-order valence-electron chi connectivity index (χ2n) is 8.56. The highest BCUT2D eigenvalue weighted by atomic mass is 35.5. The molecule has 1 aromatic heterocycles. The zero-order chi connectivity index (χ0) is 23.0. The molecule has 0 aliphatic carbocycles. The molecule has 1 aliphatic rings. The molecule has 168 valence electrons. The van der Waals surface area contributed by atoms with Gasteiger partial charge in [-0.25, -0.2) is 0 Å². The van der Waals surface area contributed by atoms with Crippen molar-refractivity contribution >= 4 is 28.5 Å². The molecule has 1 amide bonds. The van der Waals surface area contributed by atoms with Crippen LogP contribution in [-0.4, -0.2) is 41.9 Å². The van der Waals surface area contributed by atoms with E-state index in [0.717, 1.165) is 25.2 Å². The second kappa shape index (κ2) is 9.08. The Morgan fingerprint density at radius 2 is 1.75 bits per heavy atom. The molecule has 2 heterocycles. The van der Waals surface area contributed by atoms with Crippen LogP contribution < -0.4 is 5.43 Å². The van der Waals surface area contributed by atoms with E-state index >= 15 is 0 Å². The van der Waals surface area contributed by atoms with Crippen molar-refractivity contribution in [3.8, 4) is 0 Å². The summed E-state index contributed by atoms with van der Waals surface area (Å²) in [6.07, 6.45) is 0. The van der Waals surface area contributed by atoms with Crippen LogP contribution in [0.4, 0.5) is 0 Å². The quantitative estimate of drug-likeness (QED) is 0.477. The highest BCUT2D eigenvalue weighted by molar-refractivity contribution is 6.31. The number of halogens is 1. The SMILES string of the molecule is CCN(CC)CCN1C(=O)c2oc3ccc(Cl)cc3c(=O)c2C1c1ccc(C(C)C)cc1. The fourth-order valence-corrected chi connectivity index (χ4v) is 4.59. The van der Waals surface area contributed by atoms with Crippen LogP contribution in [0.15, 0.2) is 51.7 Å². The summed E-state index contributed by atoms with van der Waals surface area (Å²) < 4.78 is 5.99. The highest BCUT2D eigenvalue weighted by Crippen LogP contribution is 2.38. The number of amides is 1. The number of rotatable bonds is 7. The summed E-state index contributed by atoms with van der Waals surface area (Å²) in [5.74, 6) is 0.304. The molecule has 5 nitrogen and oxygen atoms in total. The van der Waals surface area contributed by atoms with Crippen molar-refractivity contribution < 1.29 is 9.21 Å². The normalized spacial score (nSPS) is 15.9. The third-order valence-corrected chi connectivity index (χ3v) is 6.63. The minimum absolute atomic E-state index is 0.141. The van der Waals surface area contributed by atoms with Gasteiger partial charge in [0.2, 0.25) is 5.76 Å². The van der Waals surface area contributed by atoms with E-state index in [1.54, 1.807) is 23.1 Å². The molecule has 1 unspecified atom stereocenters. The molecule has 3 aromatic rings. The predicted molar refractivity (Wildman–Crippen MR) is 129 cm³/mol. The molecule has 6 heteroatoms. The first kappa shape index (κ1) is 22.6. The van der Waals surface area contributed by atoms with Crippen molar-refractivity contribution in [3.05, 3.63) is 80.2 Å². The lowest BCUT2D eigenvalue weighted by atomic mass is 9.95.